The van der Waals surface area contributed by atoms with Crippen molar-refractivity contribution in [1.29, 1.82) is 0 Å². The number of benzene rings is 1. The average Bonchev–Trinajstić information content (AvgIpc) is 2.41. The molecule has 0 aromatic heterocycles. The minimum atomic E-state index is 0.584. The number of hydrogen-bond acceptors (Lipinski definition) is 3. The van der Waals surface area contributed by atoms with Crippen molar-refractivity contribution < 1.29 is 9.47 Å². The van der Waals surface area contributed by atoms with Gasteiger partial charge >= 0.3 is 0 Å². The maximum atomic E-state index is 5.72. The zero-order chi connectivity index (χ0) is 13.1. The van der Waals surface area contributed by atoms with Crippen molar-refractivity contribution in [1.82, 2.24) is 5.32 Å². The summed E-state index contributed by atoms with van der Waals surface area (Å²) in [4.78, 5) is 0. The van der Waals surface area contributed by atoms with Gasteiger partial charge in [0.1, 0.15) is 12.4 Å². The second-order valence-electron chi connectivity index (χ2n) is 3.93. The molecular formula is C15H23NO2. The highest BCUT2D eigenvalue weighted by Crippen LogP contribution is 2.17. The van der Waals surface area contributed by atoms with Gasteiger partial charge in [0.15, 0.2) is 0 Å². The SMILES string of the molecule is C=CCCOCCOc1ccccc1CNCC. The number of rotatable bonds is 10. The highest BCUT2D eigenvalue weighted by atomic mass is 16.5. The molecule has 0 atom stereocenters. The summed E-state index contributed by atoms with van der Waals surface area (Å²) in [5, 5.41) is 3.30. The average molecular weight is 249 g/mol. The van der Waals surface area contributed by atoms with Crippen LogP contribution in [0.1, 0.15) is 18.9 Å². The lowest BCUT2D eigenvalue weighted by Gasteiger charge is -2.11. The lowest BCUT2D eigenvalue weighted by Crippen LogP contribution is -2.14. The van der Waals surface area contributed by atoms with E-state index >= 15 is 0 Å². The summed E-state index contributed by atoms with van der Waals surface area (Å²) in [5.74, 6) is 0.936. The highest BCUT2D eigenvalue weighted by Gasteiger charge is 2.01. The van der Waals surface area contributed by atoms with Crippen molar-refractivity contribution in [2.45, 2.75) is 19.9 Å². The number of hydrogen-bond donors (Lipinski definition) is 1. The van der Waals surface area contributed by atoms with E-state index in [9.17, 15) is 0 Å². The molecular weight excluding hydrogens is 226 g/mol. The quantitative estimate of drug-likeness (QED) is 0.511. The van der Waals surface area contributed by atoms with Crippen LogP contribution in [-0.4, -0.2) is 26.4 Å². The molecule has 0 saturated heterocycles. The number of nitrogens with one attached hydrogen (secondary N) is 1. The summed E-state index contributed by atoms with van der Waals surface area (Å²) >= 11 is 0. The van der Waals surface area contributed by atoms with Crippen molar-refractivity contribution in [3.05, 3.63) is 42.5 Å². The third-order valence-corrected chi connectivity index (χ3v) is 2.49. The topological polar surface area (TPSA) is 30.5 Å². The van der Waals surface area contributed by atoms with Gasteiger partial charge in [-0.1, -0.05) is 31.2 Å². The normalized spacial score (nSPS) is 10.3. The molecule has 1 aromatic rings. The molecule has 1 aromatic carbocycles. The summed E-state index contributed by atoms with van der Waals surface area (Å²) in [7, 11) is 0. The van der Waals surface area contributed by atoms with Gasteiger partial charge in [-0.3, -0.25) is 0 Å². The number of para-hydroxylation sites is 1. The van der Waals surface area contributed by atoms with Crippen LogP contribution in [0, 0.1) is 0 Å². The Labute approximate surface area is 110 Å². The predicted octanol–water partition coefficient (Wildman–Crippen LogP) is 2.77. The van der Waals surface area contributed by atoms with E-state index in [2.05, 4.69) is 24.9 Å². The molecule has 3 nitrogen and oxygen atoms in total. The van der Waals surface area contributed by atoms with Crippen LogP contribution in [0.25, 0.3) is 0 Å². The zero-order valence-electron chi connectivity index (χ0n) is 11.2. The summed E-state index contributed by atoms with van der Waals surface area (Å²) in [5.41, 5.74) is 1.19. The molecule has 1 rings (SSSR count). The minimum absolute atomic E-state index is 0.584. The molecule has 0 aliphatic rings. The van der Waals surface area contributed by atoms with Gasteiger partial charge in [-0.05, 0) is 19.0 Å². The van der Waals surface area contributed by atoms with Crippen LogP contribution in [0.5, 0.6) is 5.75 Å². The van der Waals surface area contributed by atoms with E-state index in [1.54, 1.807) is 0 Å². The maximum Gasteiger partial charge on any atom is 0.123 e. The maximum absolute atomic E-state index is 5.72. The van der Waals surface area contributed by atoms with Crippen LogP contribution in [0.15, 0.2) is 36.9 Å². The summed E-state index contributed by atoms with van der Waals surface area (Å²) in [6.07, 6.45) is 2.74. The van der Waals surface area contributed by atoms with Gasteiger partial charge in [0.25, 0.3) is 0 Å². The van der Waals surface area contributed by atoms with Crippen LogP contribution in [-0.2, 0) is 11.3 Å². The minimum Gasteiger partial charge on any atom is -0.491 e. The van der Waals surface area contributed by atoms with Crippen LogP contribution >= 0.6 is 0 Å². The van der Waals surface area contributed by atoms with E-state index in [4.69, 9.17) is 9.47 Å². The Kier molecular flexibility index (Phi) is 7.93. The molecule has 0 saturated carbocycles. The van der Waals surface area contributed by atoms with Gasteiger partial charge in [0, 0.05) is 12.1 Å². The molecule has 0 heterocycles. The summed E-state index contributed by atoms with van der Waals surface area (Å²) in [6, 6.07) is 8.09. The fourth-order valence-corrected chi connectivity index (χ4v) is 1.53. The van der Waals surface area contributed by atoms with Crippen LogP contribution in [0.4, 0.5) is 0 Å². The molecule has 0 radical (unpaired) electrons. The standard InChI is InChI=1S/C15H23NO2/c1-3-5-10-17-11-12-18-15-9-7-6-8-14(15)13-16-4-2/h3,6-9,16H,1,4-5,10-13H2,2H3. The molecule has 1 N–H and O–H groups in total. The Balaban J connectivity index is 2.29. The first-order valence-corrected chi connectivity index (χ1v) is 6.48. The summed E-state index contributed by atoms with van der Waals surface area (Å²) < 4.78 is 11.1. The predicted molar refractivity (Wildman–Crippen MR) is 75.0 cm³/mol. The van der Waals surface area contributed by atoms with E-state index < -0.39 is 0 Å². The monoisotopic (exact) mass is 249 g/mol. The largest absolute Gasteiger partial charge is 0.491 e. The first-order valence-electron chi connectivity index (χ1n) is 6.48. The molecule has 0 spiro atoms. The fourth-order valence-electron chi connectivity index (χ4n) is 1.53. The van der Waals surface area contributed by atoms with Crippen molar-refractivity contribution in [3.8, 4) is 5.75 Å². The van der Waals surface area contributed by atoms with Crippen molar-refractivity contribution in [2.75, 3.05) is 26.4 Å². The van der Waals surface area contributed by atoms with Gasteiger partial charge in [0.2, 0.25) is 0 Å². The second kappa shape index (κ2) is 9.68. The molecule has 0 unspecified atom stereocenters. The van der Waals surface area contributed by atoms with E-state index in [0.29, 0.717) is 19.8 Å². The molecule has 0 aliphatic carbocycles. The van der Waals surface area contributed by atoms with Gasteiger partial charge in [-0.15, -0.1) is 6.58 Å². The highest BCUT2D eigenvalue weighted by molar-refractivity contribution is 5.33. The number of ether oxygens (including phenoxy) is 2. The first-order chi connectivity index (χ1) is 8.88. The molecule has 100 valence electrons. The van der Waals surface area contributed by atoms with Crippen molar-refractivity contribution in [2.24, 2.45) is 0 Å². The Morgan fingerprint density at radius 3 is 2.83 bits per heavy atom. The molecule has 0 fully saturated rings. The second-order valence-corrected chi connectivity index (χ2v) is 3.93. The Hall–Kier alpha value is -1.32. The van der Waals surface area contributed by atoms with Crippen LogP contribution in [0.2, 0.25) is 0 Å². The third kappa shape index (κ3) is 5.84. The fraction of sp³-hybridized carbons (Fsp3) is 0.467. The Morgan fingerprint density at radius 2 is 2.06 bits per heavy atom. The molecule has 0 amide bonds. The van der Waals surface area contributed by atoms with Gasteiger partial charge in [0.05, 0.1) is 13.2 Å². The smallest absolute Gasteiger partial charge is 0.123 e. The first kappa shape index (κ1) is 14.7. The van der Waals surface area contributed by atoms with Crippen LogP contribution < -0.4 is 10.1 Å². The molecule has 18 heavy (non-hydrogen) atoms. The van der Waals surface area contributed by atoms with Crippen molar-refractivity contribution >= 4 is 0 Å². The van der Waals surface area contributed by atoms with E-state index in [0.717, 1.165) is 25.3 Å². The van der Waals surface area contributed by atoms with Gasteiger partial charge in [-0.2, -0.15) is 0 Å². The molecule has 0 aliphatic heterocycles. The lowest BCUT2D eigenvalue weighted by molar-refractivity contribution is 0.103. The Bertz CT molecular complexity index is 339. The van der Waals surface area contributed by atoms with E-state index in [1.165, 1.54) is 5.56 Å². The van der Waals surface area contributed by atoms with Crippen molar-refractivity contribution in [3.63, 3.8) is 0 Å². The molecule has 0 bridgehead atoms. The van der Waals surface area contributed by atoms with E-state index in [1.807, 2.05) is 24.3 Å². The van der Waals surface area contributed by atoms with Crippen LogP contribution in [0.3, 0.4) is 0 Å². The zero-order valence-corrected chi connectivity index (χ0v) is 11.2. The lowest BCUT2D eigenvalue weighted by atomic mass is 10.2. The van der Waals surface area contributed by atoms with Gasteiger partial charge < -0.3 is 14.8 Å². The van der Waals surface area contributed by atoms with E-state index in [-0.39, 0.29) is 0 Å². The summed E-state index contributed by atoms with van der Waals surface area (Å²) in [6.45, 7) is 9.45. The molecule has 3 heteroatoms. The Morgan fingerprint density at radius 1 is 1.22 bits per heavy atom. The third-order valence-electron chi connectivity index (χ3n) is 2.49. The van der Waals surface area contributed by atoms with Gasteiger partial charge in [-0.25, -0.2) is 0 Å².